The SMILES string of the molecule is O=C(O)[C@H](Cc1ccc(OCc2c(Cl)cc(Cl)cc2Cl)cc1)N(C(=O)Cc1cccnc1)C(=O)[C@@H]1CSCN1. The van der Waals surface area contributed by atoms with Crippen molar-refractivity contribution in [3.8, 4) is 5.75 Å². The molecule has 4 rings (SSSR count). The van der Waals surface area contributed by atoms with Crippen molar-refractivity contribution in [3.05, 3.63) is 92.7 Å². The molecule has 1 aliphatic heterocycles. The standard InChI is InChI=1S/C27H24Cl3N3O5S/c28-18-10-21(29)20(22(30)11-18)13-38-19-5-3-16(4-6-19)8-24(27(36)37)33(26(35)23-14-39-15-32-23)25(34)9-17-2-1-7-31-12-17/h1-7,10-12,23-24,32H,8-9,13-15H2,(H,36,37)/t23-,24-/m0/s1. The van der Waals surface area contributed by atoms with Gasteiger partial charge in [0.2, 0.25) is 11.8 Å². The van der Waals surface area contributed by atoms with E-state index in [4.69, 9.17) is 39.5 Å². The summed E-state index contributed by atoms with van der Waals surface area (Å²) in [5.41, 5.74) is 1.77. The van der Waals surface area contributed by atoms with E-state index >= 15 is 0 Å². The van der Waals surface area contributed by atoms with Gasteiger partial charge in [0.15, 0.2) is 0 Å². The molecule has 39 heavy (non-hydrogen) atoms. The van der Waals surface area contributed by atoms with E-state index in [1.807, 2.05) is 0 Å². The molecule has 0 radical (unpaired) electrons. The normalized spacial score (nSPS) is 15.5. The van der Waals surface area contributed by atoms with Gasteiger partial charge < -0.3 is 9.84 Å². The van der Waals surface area contributed by atoms with Crippen LogP contribution < -0.4 is 10.1 Å². The highest BCUT2D eigenvalue weighted by atomic mass is 35.5. The van der Waals surface area contributed by atoms with Gasteiger partial charge in [-0.05, 0) is 41.5 Å². The first-order valence-electron chi connectivity index (χ1n) is 11.9. The van der Waals surface area contributed by atoms with Gasteiger partial charge in [-0.25, -0.2) is 4.79 Å². The van der Waals surface area contributed by atoms with E-state index < -0.39 is 29.9 Å². The average Bonchev–Trinajstić information content (AvgIpc) is 3.44. The van der Waals surface area contributed by atoms with Crippen molar-refractivity contribution >= 4 is 64.3 Å². The molecule has 3 aromatic rings. The van der Waals surface area contributed by atoms with Gasteiger partial charge in [-0.2, -0.15) is 0 Å². The van der Waals surface area contributed by atoms with Crippen molar-refractivity contribution < 1.29 is 24.2 Å². The predicted molar refractivity (Wildman–Crippen MR) is 151 cm³/mol. The lowest BCUT2D eigenvalue weighted by Gasteiger charge is -2.29. The van der Waals surface area contributed by atoms with E-state index in [9.17, 15) is 19.5 Å². The number of imide groups is 1. The number of nitrogens with one attached hydrogen (secondary N) is 1. The largest absolute Gasteiger partial charge is 0.489 e. The van der Waals surface area contributed by atoms with Gasteiger partial charge in [0, 0.05) is 41.0 Å². The lowest BCUT2D eigenvalue weighted by atomic mass is 10.0. The fourth-order valence-corrected chi connectivity index (χ4v) is 5.89. The number of hydrogen-bond acceptors (Lipinski definition) is 7. The van der Waals surface area contributed by atoms with E-state index in [-0.39, 0.29) is 19.4 Å². The smallest absolute Gasteiger partial charge is 0.327 e. The number of halogens is 3. The third-order valence-corrected chi connectivity index (χ3v) is 7.87. The van der Waals surface area contributed by atoms with Crippen molar-refractivity contribution in [2.75, 3.05) is 11.6 Å². The van der Waals surface area contributed by atoms with Gasteiger partial charge in [-0.1, -0.05) is 53.0 Å². The molecule has 2 N–H and O–H groups in total. The molecule has 1 aliphatic rings. The van der Waals surface area contributed by atoms with Crippen LogP contribution >= 0.6 is 46.6 Å². The summed E-state index contributed by atoms with van der Waals surface area (Å²) in [5.74, 6) is -0.933. The van der Waals surface area contributed by atoms with Crippen LogP contribution in [0.5, 0.6) is 5.75 Å². The molecule has 2 atom stereocenters. The number of hydrogen-bond donors (Lipinski definition) is 2. The molecular formula is C27H24Cl3N3O5S. The zero-order valence-corrected chi connectivity index (χ0v) is 23.6. The van der Waals surface area contributed by atoms with E-state index in [1.54, 1.807) is 54.7 Å². The summed E-state index contributed by atoms with van der Waals surface area (Å²) >= 11 is 19.9. The maximum atomic E-state index is 13.4. The summed E-state index contributed by atoms with van der Waals surface area (Å²) in [6.45, 7) is 0.101. The van der Waals surface area contributed by atoms with Crippen molar-refractivity contribution in [1.82, 2.24) is 15.2 Å². The highest BCUT2D eigenvalue weighted by Gasteiger charge is 2.39. The van der Waals surface area contributed by atoms with Crippen molar-refractivity contribution in [2.45, 2.75) is 31.5 Å². The average molecular weight is 609 g/mol. The van der Waals surface area contributed by atoms with Crippen LogP contribution in [0, 0.1) is 0 Å². The first-order valence-corrected chi connectivity index (χ1v) is 14.2. The Morgan fingerprint density at radius 2 is 1.82 bits per heavy atom. The van der Waals surface area contributed by atoms with Crippen molar-refractivity contribution in [3.63, 3.8) is 0 Å². The van der Waals surface area contributed by atoms with Gasteiger partial charge in [-0.3, -0.25) is 24.8 Å². The lowest BCUT2D eigenvalue weighted by molar-refractivity contribution is -0.158. The highest BCUT2D eigenvalue weighted by molar-refractivity contribution is 7.99. The minimum atomic E-state index is -1.40. The van der Waals surface area contributed by atoms with Gasteiger partial charge in [0.05, 0.1) is 22.5 Å². The molecule has 0 saturated carbocycles. The molecule has 0 aliphatic carbocycles. The summed E-state index contributed by atoms with van der Waals surface area (Å²) < 4.78 is 5.80. The van der Waals surface area contributed by atoms with Crippen LogP contribution in [-0.2, 0) is 33.8 Å². The molecule has 1 aromatic heterocycles. The minimum absolute atomic E-state index is 0.0746. The second-order valence-electron chi connectivity index (χ2n) is 8.75. The third-order valence-electron chi connectivity index (χ3n) is 6.04. The first kappa shape index (κ1) is 29.2. The number of rotatable bonds is 10. The van der Waals surface area contributed by atoms with Crippen LogP contribution in [0.2, 0.25) is 15.1 Å². The summed E-state index contributed by atoms with van der Waals surface area (Å²) in [4.78, 5) is 44.0. The monoisotopic (exact) mass is 607 g/mol. The summed E-state index contributed by atoms with van der Waals surface area (Å²) in [6.07, 6.45) is 2.87. The van der Waals surface area contributed by atoms with Crippen LogP contribution in [-0.4, -0.2) is 56.5 Å². The Kier molecular flexibility index (Phi) is 10.1. The Morgan fingerprint density at radius 3 is 2.41 bits per heavy atom. The number of aromatic nitrogens is 1. The quantitative estimate of drug-likeness (QED) is 0.335. The number of thioether (sulfide) groups is 1. The number of carbonyl (C=O) groups is 3. The zero-order chi connectivity index (χ0) is 27.9. The predicted octanol–water partition coefficient (Wildman–Crippen LogP) is 4.88. The lowest BCUT2D eigenvalue weighted by Crippen LogP contribution is -2.55. The molecule has 0 spiro atoms. The summed E-state index contributed by atoms with van der Waals surface area (Å²) in [5, 5.41) is 14.3. The van der Waals surface area contributed by atoms with Crippen LogP contribution in [0.15, 0.2) is 60.9 Å². The Balaban J connectivity index is 1.50. The van der Waals surface area contributed by atoms with Gasteiger partial charge in [0.25, 0.3) is 0 Å². The van der Waals surface area contributed by atoms with E-state index in [0.29, 0.717) is 49.1 Å². The molecule has 2 amide bonds. The maximum Gasteiger partial charge on any atom is 0.327 e. The van der Waals surface area contributed by atoms with Gasteiger partial charge in [0.1, 0.15) is 18.4 Å². The molecule has 1 saturated heterocycles. The van der Waals surface area contributed by atoms with Crippen LogP contribution in [0.4, 0.5) is 0 Å². The number of carboxylic acids is 1. The second kappa shape index (κ2) is 13.5. The fraction of sp³-hybridized carbons (Fsp3) is 0.259. The molecule has 2 heterocycles. The Hall–Kier alpha value is -2.82. The third kappa shape index (κ3) is 7.64. The topological polar surface area (TPSA) is 109 Å². The number of carbonyl (C=O) groups excluding carboxylic acids is 2. The molecule has 2 aromatic carbocycles. The minimum Gasteiger partial charge on any atom is -0.489 e. The van der Waals surface area contributed by atoms with Crippen molar-refractivity contribution in [2.24, 2.45) is 0 Å². The summed E-state index contributed by atoms with van der Waals surface area (Å²) in [7, 11) is 0. The number of benzene rings is 2. The number of aliphatic carboxylic acids is 1. The summed E-state index contributed by atoms with van der Waals surface area (Å²) in [6, 6.07) is 11.2. The van der Waals surface area contributed by atoms with Crippen molar-refractivity contribution in [1.29, 1.82) is 0 Å². The second-order valence-corrected chi connectivity index (χ2v) is 11.0. The maximum absolute atomic E-state index is 13.4. The van der Waals surface area contributed by atoms with Crippen LogP contribution in [0.3, 0.4) is 0 Å². The molecule has 1 fully saturated rings. The molecule has 0 bridgehead atoms. The van der Waals surface area contributed by atoms with Crippen LogP contribution in [0.1, 0.15) is 16.7 Å². The number of carboxylic acid groups (broad SMARTS) is 1. The zero-order valence-electron chi connectivity index (χ0n) is 20.5. The first-order chi connectivity index (χ1) is 18.7. The molecule has 204 valence electrons. The number of nitrogens with zero attached hydrogens (tertiary/aromatic N) is 2. The number of amides is 2. The van der Waals surface area contributed by atoms with Gasteiger partial charge >= 0.3 is 5.97 Å². The molecular weight excluding hydrogens is 585 g/mol. The molecule has 8 nitrogen and oxygen atoms in total. The van der Waals surface area contributed by atoms with Gasteiger partial charge in [-0.15, -0.1) is 11.8 Å². The van der Waals surface area contributed by atoms with E-state index in [0.717, 1.165) is 4.90 Å². The Morgan fingerprint density at radius 1 is 1.10 bits per heavy atom. The highest BCUT2D eigenvalue weighted by Crippen LogP contribution is 2.30. The Bertz CT molecular complexity index is 1320. The van der Waals surface area contributed by atoms with E-state index in [2.05, 4.69) is 10.3 Å². The van der Waals surface area contributed by atoms with E-state index in [1.165, 1.54) is 18.0 Å². The molecule has 12 heteroatoms. The fourth-order valence-electron chi connectivity index (χ4n) is 4.03. The number of pyridine rings is 1. The number of ether oxygens (including phenoxy) is 1. The Labute approximate surface area is 244 Å². The molecule has 0 unspecified atom stereocenters. The van der Waals surface area contributed by atoms with Crippen LogP contribution in [0.25, 0.3) is 0 Å².